The fourth-order valence-corrected chi connectivity index (χ4v) is 17.1. The summed E-state index contributed by atoms with van der Waals surface area (Å²) in [5.41, 5.74) is 33.9. The summed E-state index contributed by atoms with van der Waals surface area (Å²) in [5, 5.41) is 0. The Labute approximate surface area is 599 Å². The lowest BCUT2D eigenvalue weighted by Crippen LogP contribution is -2.29. The molecule has 0 saturated carbocycles. The minimum absolute atomic E-state index is 0.350. The van der Waals surface area contributed by atoms with Gasteiger partial charge < -0.3 is 9.80 Å². The van der Waals surface area contributed by atoms with E-state index in [0.29, 0.717) is 0 Å². The first kappa shape index (κ1) is 61.0. The number of hydrogen-bond donors (Lipinski definition) is 0. The molecular weight excluding hydrogens is 1280 g/mol. The van der Waals surface area contributed by atoms with Crippen molar-refractivity contribution in [1.82, 2.24) is 0 Å². The highest BCUT2D eigenvalue weighted by Crippen LogP contribution is 2.64. The molecule has 0 amide bonds. The molecule has 476 valence electrons. The second-order valence-corrected chi connectivity index (χ2v) is 27.2. The number of anilines is 6. The van der Waals surface area contributed by atoms with E-state index in [0.717, 1.165) is 38.6 Å². The molecule has 0 aromatic heterocycles. The van der Waals surface area contributed by atoms with E-state index in [4.69, 9.17) is 0 Å². The maximum Gasteiger partial charge on any atom is 0.0725 e. The van der Waals surface area contributed by atoms with Crippen molar-refractivity contribution >= 4 is 50.1 Å². The van der Waals surface area contributed by atoms with E-state index in [2.05, 4.69) is 432 Å². The van der Waals surface area contributed by atoms with Crippen molar-refractivity contribution in [3.8, 4) is 77.9 Å². The third-order valence-electron chi connectivity index (χ3n) is 21.0. The minimum Gasteiger partial charge on any atom is -0.311 e. The molecule has 0 heterocycles. The summed E-state index contributed by atoms with van der Waals surface area (Å²) >= 11 is 3.98. The molecule has 0 bridgehead atoms. The Kier molecular flexibility index (Phi) is 15.6. The van der Waals surface area contributed by atoms with Crippen LogP contribution in [0, 0.1) is 0 Å². The molecule has 0 saturated heterocycles. The fraction of sp³-hybridized carbons (Fsp3) is 0.0204. The van der Waals surface area contributed by atoms with Gasteiger partial charge in [-0.25, -0.2) is 0 Å². The normalized spacial score (nSPS) is 12.8. The van der Waals surface area contributed by atoms with Crippen LogP contribution in [-0.2, 0) is 10.8 Å². The summed E-state index contributed by atoms with van der Waals surface area (Å²) in [6.45, 7) is 0. The van der Waals surface area contributed by atoms with Crippen LogP contribution >= 0.6 is 15.9 Å². The van der Waals surface area contributed by atoms with Crippen LogP contribution in [0.1, 0.15) is 44.5 Å². The van der Waals surface area contributed by atoms with Crippen LogP contribution < -0.4 is 9.80 Å². The lowest BCUT2D eigenvalue weighted by molar-refractivity contribution is 0.764. The molecule has 3 aliphatic carbocycles. The highest BCUT2D eigenvalue weighted by Gasteiger charge is 2.52. The van der Waals surface area contributed by atoms with Crippen molar-refractivity contribution in [2.75, 3.05) is 9.80 Å². The Morgan fingerprint density at radius 2 is 0.386 bits per heavy atom. The van der Waals surface area contributed by atoms with Crippen molar-refractivity contribution in [3.05, 3.63) is 455 Å². The summed E-state index contributed by atoms with van der Waals surface area (Å²) < 4.78 is 1.10. The number of halogens is 1. The standard InChI is InChI=1S/C49H34BrN.C49H33N/c50-48-22-12-11-21-47(48)49(45-19-9-7-17-43(45)44-18-8-10-20-46(44)49)39-27-33-42(34-28-39)51(40-29-23-37(24-30-40)35-13-3-1-4-14-35)41-31-25-38(26-32-41)36-15-5-2-6-16-36;1-3-12-34(13-4-1)36-22-28-39(29-23-36)50(40-30-24-37(25-31-40)35-14-5-2-6-15-35)41-32-26-38(27-33-41)49-46-20-9-7-16-42(46)44-18-11-19-45(48(44)49)43-17-8-10-21-47(43)49/h1-34H;1-33H. The molecule has 101 heavy (non-hydrogen) atoms. The van der Waals surface area contributed by atoms with Crippen molar-refractivity contribution in [1.29, 1.82) is 0 Å². The Hall–Kier alpha value is -12.4. The Bertz CT molecular complexity index is 5380. The lowest BCUT2D eigenvalue weighted by atomic mass is 9.67. The van der Waals surface area contributed by atoms with Gasteiger partial charge in [-0.15, -0.1) is 0 Å². The summed E-state index contributed by atoms with van der Waals surface area (Å²) in [5.74, 6) is 0. The zero-order chi connectivity index (χ0) is 67.3. The fourth-order valence-electron chi connectivity index (χ4n) is 16.5. The van der Waals surface area contributed by atoms with Gasteiger partial charge >= 0.3 is 0 Å². The van der Waals surface area contributed by atoms with Gasteiger partial charge in [0.05, 0.1) is 10.8 Å². The first-order valence-corrected chi connectivity index (χ1v) is 35.5. The van der Waals surface area contributed by atoms with Gasteiger partial charge in [0.15, 0.2) is 0 Å². The molecular formula is C98H67BrN2. The van der Waals surface area contributed by atoms with E-state index in [1.165, 1.54) is 122 Å². The van der Waals surface area contributed by atoms with Gasteiger partial charge in [0.25, 0.3) is 0 Å². The van der Waals surface area contributed by atoms with Crippen LogP contribution in [0.4, 0.5) is 34.1 Å². The smallest absolute Gasteiger partial charge is 0.0725 e. The molecule has 0 radical (unpaired) electrons. The molecule has 3 heteroatoms. The highest BCUT2D eigenvalue weighted by atomic mass is 79.9. The van der Waals surface area contributed by atoms with Crippen molar-refractivity contribution in [2.24, 2.45) is 0 Å². The lowest BCUT2D eigenvalue weighted by Gasteiger charge is -2.35. The average Bonchev–Trinajstić information content (AvgIpc) is 1.51. The van der Waals surface area contributed by atoms with Gasteiger partial charge in [0.2, 0.25) is 0 Å². The maximum absolute atomic E-state index is 3.98. The summed E-state index contributed by atoms with van der Waals surface area (Å²) in [7, 11) is 0. The van der Waals surface area contributed by atoms with Crippen LogP contribution in [0.25, 0.3) is 77.9 Å². The number of nitrogens with zero attached hydrogens (tertiary/aromatic N) is 2. The van der Waals surface area contributed by atoms with Crippen molar-refractivity contribution in [3.63, 3.8) is 0 Å². The zero-order valence-corrected chi connectivity index (χ0v) is 57.0. The van der Waals surface area contributed by atoms with Gasteiger partial charge in [-0.3, -0.25) is 0 Å². The van der Waals surface area contributed by atoms with E-state index < -0.39 is 5.41 Å². The van der Waals surface area contributed by atoms with Gasteiger partial charge in [0.1, 0.15) is 0 Å². The van der Waals surface area contributed by atoms with Gasteiger partial charge in [-0.05, 0) is 201 Å². The number of benzene rings is 16. The molecule has 0 unspecified atom stereocenters. The monoisotopic (exact) mass is 1350 g/mol. The van der Waals surface area contributed by atoms with Crippen LogP contribution in [0.5, 0.6) is 0 Å². The number of rotatable bonds is 13. The Morgan fingerprint density at radius 1 is 0.168 bits per heavy atom. The molecule has 0 spiro atoms. The predicted octanol–water partition coefficient (Wildman–Crippen LogP) is 26.4. The summed E-state index contributed by atoms with van der Waals surface area (Å²) in [4.78, 5) is 4.73. The van der Waals surface area contributed by atoms with E-state index in [9.17, 15) is 0 Å². The van der Waals surface area contributed by atoms with E-state index in [-0.39, 0.29) is 5.41 Å². The predicted molar refractivity (Wildman–Crippen MR) is 425 cm³/mol. The molecule has 0 fully saturated rings. The third kappa shape index (κ3) is 10.4. The third-order valence-corrected chi connectivity index (χ3v) is 21.7. The SMILES string of the molecule is Brc1ccccc1C1(c2ccc(N(c3ccc(-c4ccccc4)cc3)c3ccc(-c4ccccc4)cc3)cc2)c2ccccc2-c2ccccc21.c1ccc(-c2ccc(N(c3ccc(-c4ccccc4)cc3)c3ccc(C45c6ccccc6-c6cccc(c64)-c4ccccc45)cc3)cc2)cc1. The molecule has 16 aromatic rings. The second kappa shape index (κ2) is 25.8. The average molecular weight is 1350 g/mol. The van der Waals surface area contributed by atoms with E-state index >= 15 is 0 Å². The van der Waals surface area contributed by atoms with Gasteiger partial charge in [-0.2, -0.15) is 0 Å². The molecule has 0 aliphatic heterocycles. The zero-order valence-electron chi connectivity index (χ0n) is 55.5. The van der Waals surface area contributed by atoms with Crippen molar-refractivity contribution in [2.45, 2.75) is 10.8 Å². The van der Waals surface area contributed by atoms with Crippen LogP contribution in [0.2, 0.25) is 0 Å². The molecule has 16 aromatic carbocycles. The quantitative estimate of drug-likeness (QED) is 0.114. The minimum atomic E-state index is -0.481. The van der Waals surface area contributed by atoms with E-state index in [1.807, 2.05) is 0 Å². The number of hydrogen-bond acceptors (Lipinski definition) is 2. The molecule has 19 rings (SSSR count). The molecule has 3 aliphatic rings. The largest absolute Gasteiger partial charge is 0.311 e. The first-order chi connectivity index (χ1) is 50.0. The van der Waals surface area contributed by atoms with Crippen LogP contribution in [-0.4, -0.2) is 0 Å². The van der Waals surface area contributed by atoms with E-state index in [1.54, 1.807) is 0 Å². The summed E-state index contributed by atoms with van der Waals surface area (Å²) in [6, 6.07) is 148. The highest BCUT2D eigenvalue weighted by molar-refractivity contribution is 9.10. The molecule has 0 N–H and O–H groups in total. The maximum atomic E-state index is 3.98. The van der Waals surface area contributed by atoms with Crippen LogP contribution in [0.3, 0.4) is 0 Å². The summed E-state index contributed by atoms with van der Waals surface area (Å²) in [6.07, 6.45) is 0. The Morgan fingerprint density at radius 3 is 0.693 bits per heavy atom. The Balaban J connectivity index is 0.000000145. The van der Waals surface area contributed by atoms with Gasteiger partial charge in [-0.1, -0.05) is 344 Å². The second-order valence-electron chi connectivity index (χ2n) is 26.3. The first-order valence-electron chi connectivity index (χ1n) is 34.7. The molecule has 0 atom stereocenters. The molecule has 2 nitrogen and oxygen atoms in total. The van der Waals surface area contributed by atoms with Gasteiger partial charge in [0, 0.05) is 38.6 Å². The number of fused-ring (bicyclic) bond motifs is 9. The van der Waals surface area contributed by atoms with Crippen molar-refractivity contribution < 1.29 is 0 Å². The topological polar surface area (TPSA) is 6.48 Å². The van der Waals surface area contributed by atoms with Crippen LogP contribution in [0.15, 0.2) is 411 Å².